The SMILES string of the molecule is C[C@H](CCC(N=C=O)C(=O)OCCN=C=O)CN=C=O. The van der Waals surface area contributed by atoms with Gasteiger partial charge in [0.2, 0.25) is 18.2 Å². The molecular weight excluding hydrogens is 266 g/mol. The average molecular weight is 281 g/mol. The third kappa shape index (κ3) is 8.66. The molecule has 0 aliphatic heterocycles. The molecule has 0 bridgehead atoms. The van der Waals surface area contributed by atoms with Gasteiger partial charge in [-0.05, 0) is 18.8 Å². The van der Waals surface area contributed by atoms with Crippen molar-refractivity contribution in [1.82, 2.24) is 0 Å². The molecule has 0 amide bonds. The molecule has 1 unspecified atom stereocenters. The molecule has 0 aromatic heterocycles. The second kappa shape index (κ2) is 11.7. The molecular formula is C12H15N3O5. The molecule has 8 nitrogen and oxygen atoms in total. The number of hydrogen-bond acceptors (Lipinski definition) is 8. The second-order valence-corrected chi connectivity index (χ2v) is 3.99. The summed E-state index contributed by atoms with van der Waals surface area (Å²) in [5.41, 5.74) is 0. The maximum Gasteiger partial charge on any atom is 0.331 e. The van der Waals surface area contributed by atoms with Crippen molar-refractivity contribution in [3.8, 4) is 0 Å². The lowest BCUT2D eigenvalue weighted by Gasteiger charge is -2.12. The van der Waals surface area contributed by atoms with Crippen LogP contribution < -0.4 is 0 Å². The molecule has 2 atom stereocenters. The van der Waals surface area contributed by atoms with Crippen LogP contribution in [0.1, 0.15) is 19.8 Å². The van der Waals surface area contributed by atoms with Crippen molar-refractivity contribution in [2.24, 2.45) is 20.9 Å². The highest BCUT2D eigenvalue weighted by atomic mass is 16.5. The van der Waals surface area contributed by atoms with Gasteiger partial charge in [0.15, 0.2) is 6.04 Å². The number of carbonyl (C=O) groups excluding carboxylic acids is 4. The Bertz CT molecular complexity index is 446. The highest BCUT2D eigenvalue weighted by Crippen LogP contribution is 2.11. The highest BCUT2D eigenvalue weighted by Gasteiger charge is 2.20. The van der Waals surface area contributed by atoms with Gasteiger partial charge in [0.05, 0.1) is 13.1 Å². The van der Waals surface area contributed by atoms with Crippen molar-refractivity contribution in [3.05, 3.63) is 0 Å². The fourth-order valence-corrected chi connectivity index (χ4v) is 1.36. The zero-order valence-corrected chi connectivity index (χ0v) is 11.1. The Morgan fingerprint density at radius 2 is 1.80 bits per heavy atom. The number of isocyanates is 3. The zero-order valence-electron chi connectivity index (χ0n) is 11.1. The van der Waals surface area contributed by atoms with E-state index in [1.54, 1.807) is 0 Å². The molecule has 0 saturated heterocycles. The van der Waals surface area contributed by atoms with Crippen LogP contribution in [0, 0.1) is 5.92 Å². The molecule has 0 aliphatic rings. The molecule has 108 valence electrons. The van der Waals surface area contributed by atoms with Crippen LogP contribution in [0.5, 0.6) is 0 Å². The Morgan fingerprint density at radius 1 is 1.10 bits per heavy atom. The fourth-order valence-electron chi connectivity index (χ4n) is 1.36. The van der Waals surface area contributed by atoms with Crippen molar-refractivity contribution in [2.45, 2.75) is 25.8 Å². The van der Waals surface area contributed by atoms with E-state index in [2.05, 4.69) is 15.0 Å². The molecule has 0 aliphatic carbocycles. The number of carbonyl (C=O) groups is 1. The molecule has 0 rings (SSSR count). The van der Waals surface area contributed by atoms with Crippen LogP contribution >= 0.6 is 0 Å². The Hall–Kier alpha value is -2.39. The van der Waals surface area contributed by atoms with Crippen LogP contribution in [0.25, 0.3) is 0 Å². The third-order valence-electron chi connectivity index (χ3n) is 2.39. The molecule has 8 heteroatoms. The number of nitrogens with zero attached hydrogens (tertiary/aromatic N) is 3. The van der Waals surface area contributed by atoms with Crippen LogP contribution in [0.3, 0.4) is 0 Å². The monoisotopic (exact) mass is 281 g/mol. The molecule has 0 N–H and O–H groups in total. The van der Waals surface area contributed by atoms with E-state index >= 15 is 0 Å². The summed E-state index contributed by atoms with van der Waals surface area (Å²) < 4.78 is 4.80. The standard InChI is InChI=1S/C12H15N3O5/c1-10(6-14-8-17)2-3-11(15-9-18)12(19)20-5-4-13-7-16/h10-11H,2-6H2,1H3/t10-,11?/m1/s1. The smallest absolute Gasteiger partial charge is 0.331 e. The normalized spacial score (nSPS) is 12.1. The number of hydrogen-bond donors (Lipinski definition) is 0. The summed E-state index contributed by atoms with van der Waals surface area (Å²) in [5, 5.41) is 0. The minimum Gasteiger partial charge on any atom is -0.462 e. The number of aliphatic imine (C=N–C) groups is 3. The Labute approximate surface area is 115 Å². The van der Waals surface area contributed by atoms with Crippen molar-refractivity contribution in [3.63, 3.8) is 0 Å². The summed E-state index contributed by atoms with van der Waals surface area (Å²) in [4.78, 5) is 51.7. The van der Waals surface area contributed by atoms with Gasteiger partial charge >= 0.3 is 5.97 Å². The summed E-state index contributed by atoms with van der Waals surface area (Å²) in [6.07, 6.45) is 4.87. The summed E-state index contributed by atoms with van der Waals surface area (Å²) in [6.45, 7) is 2.07. The van der Waals surface area contributed by atoms with Gasteiger partial charge in [-0.25, -0.2) is 29.2 Å². The molecule has 0 heterocycles. The predicted molar refractivity (Wildman–Crippen MR) is 67.2 cm³/mol. The van der Waals surface area contributed by atoms with Gasteiger partial charge in [0.25, 0.3) is 0 Å². The van der Waals surface area contributed by atoms with E-state index in [0.29, 0.717) is 13.0 Å². The molecule has 0 aromatic rings. The number of esters is 1. The average Bonchev–Trinajstić information content (AvgIpc) is 2.45. The molecule has 0 fully saturated rings. The van der Waals surface area contributed by atoms with E-state index in [1.807, 2.05) is 6.92 Å². The summed E-state index contributed by atoms with van der Waals surface area (Å²) >= 11 is 0. The minimum absolute atomic E-state index is 0.0111. The van der Waals surface area contributed by atoms with E-state index in [0.717, 1.165) is 0 Å². The molecule has 20 heavy (non-hydrogen) atoms. The first kappa shape index (κ1) is 17.6. The molecule has 0 saturated carbocycles. The largest absolute Gasteiger partial charge is 0.462 e. The van der Waals surface area contributed by atoms with Gasteiger partial charge in [0.1, 0.15) is 6.61 Å². The molecule has 0 radical (unpaired) electrons. The van der Waals surface area contributed by atoms with Gasteiger partial charge in [-0.15, -0.1) is 0 Å². The van der Waals surface area contributed by atoms with Crippen molar-refractivity contribution in [2.75, 3.05) is 19.7 Å². The Kier molecular flexibility index (Phi) is 10.3. The first-order valence-electron chi connectivity index (χ1n) is 5.96. The van der Waals surface area contributed by atoms with Crippen LogP contribution in [0.15, 0.2) is 15.0 Å². The topological polar surface area (TPSA) is 115 Å². The van der Waals surface area contributed by atoms with E-state index in [9.17, 15) is 19.2 Å². The Balaban J connectivity index is 4.26. The lowest BCUT2D eigenvalue weighted by Crippen LogP contribution is -2.23. The zero-order chi connectivity index (χ0) is 15.2. The van der Waals surface area contributed by atoms with Gasteiger partial charge in [-0.3, -0.25) is 0 Å². The number of ether oxygens (including phenoxy) is 1. The molecule has 0 spiro atoms. The fraction of sp³-hybridized carbons (Fsp3) is 0.667. The van der Waals surface area contributed by atoms with Gasteiger partial charge in [0, 0.05) is 0 Å². The lowest BCUT2D eigenvalue weighted by atomic mass is 10.0. The van der Waals surface area contributed by atoms with E-state index < -0.39 is 12.0 Å². The van der Waals surface area contributed by atoms with Gasteiger partial charge < -0.3 is 4.74 Å². The minimum atomic E-state index is -0.949. The van der Waals surface area contributed by atoms with Crippen molar-refractivity contribution < 1.29 is 23.9 Å². The van der Waals surface area contributed by atoms with Crippen LogP contribution in [-0.2, 0) is 23.9 Å². The van der Waals surface area contributed by atoms with Crippen molar-refractivity contribution >= 4 is 24.2 Å². The van der Waals surface area contributed by atoms with E-state index in [4.69, 9.17) is 4.74 Å². The van der Waals surface area contributed by atoms with Gasteiger partial charge in [-0.2, -0.15) is 4.99 Å². The maximum atomic E-state index is 11.6. The van der Waals surface area contributed by atoms with Crippen LogP contribution in [0.4, 0.5) is 0 Å². The van der Waals surface area contributed by atoms with E-state index in [-0.39, 0.29) is 25.5 Å². The maximum absolute atomic E-state index is 11.6. The second-order valence-electron chi connectivity index (χ2n) is 3.99. The Morgan fingerprint density at radius 3 is 2.40 bits per heavy atom. The summed E-state index contributed by atoms with van der Waals surface area (Å²) in [5.74, 6) is -0.631. The first-order valence-corrected chi connectivity index (χ1v) is 5.96. The van der Waals surface area contributed by atoms with E-state index in [1.165, 1.54) is 18.2 Å². The van der Waals surface area contributed by atoms with Gasteiger partial charge in [-0.1, -0.05) is 6.92 Å². The van der Waals surface area contributed by atoms with Crippen LogP contribution in [-0.4, -0.2) is 49.9 Å². The lowest BCUT2D eigenvalue weighted by molar-refractivity contribution is -0.145. The highest BCUT2D eigenvalue weighted by molar-refractivity contribution is 5.76. The quantitative estimate of drug-likeness (QED) is 0.247. The summed E-state index contributed by atoms with van der Waals surface area (Å²) in [6, 6.07) is -0.949. The van der Waals surface area contributed by atoms with Crippen molar-refractivity contribution in [1.29, 1.82) is 0 Å². The molecule has 0 aromatic carbocycles. The van der Waals surface area contributed by atoms with Crippen LogP contribution in [0.2, 0.25) is 0 Å². The summed E-state index contributed by atoms with van der Waals surface area (Å²) in [7, 11) is 0. The number of rotatable bonds is 10. The predicted octanol–water partition coefficient (Wildman–Crippen LogP) is 0.322. The third-order valence-corrected chi connectivity index (χ3v) is 2.39. The first-order chi connectivity index (χ1) is 9.65.